The molecule has 1 aliphatic heterocycles. The molecule has 1 aliphatic rings. The molecule has 3 aromatic rings. The number of sulfonamides is 1. The summed E-state index contributed by atoms with van der Waals surface area (Å²) in [4.78, 5) is 31.0. The van der Waals surface area contributed by atoms with Gasteiger partial charge in [-0.3, -0.25) is 4.79 Å². The number of nitrogens with zero attached hydrogens (tertiary/aromatic N) is 4. The number of piperazine rings is 1. The molecule has 0 unspecified atom stereocenters. The van der Waals surface area contributed by atoms with E-state index >= 15 is 0 Å². The van der Waals surface area contributed by atoms with Crippen molar-refractivity contribution in [1.82, 2.24) is 13.8 Å². The van der Waals surface area contributed by atoms with E-state index < -0.39 is 22.0 Å². The van der Waals surface area contributed by atoms with Gasteiger partial charge in [-0.25, -0.2) is 13.2 Å². The minimum atomic E-state index is -3.79. The first-order chi connectivity index (χ1) is 17.8. The maximum atomic E-state index is 13.1. The molecule has 37 heavy (non-hydrogen) atoms. The minimum absolute atomic E-state index is 0.0602. The van der Waals surface area contributed by atoms with E-state index in [1.807, 2.05) is 18.2 Å². The summed E-state index contributed by atoms with van der Waals surface area (Å²) >= 11 is 1.31. The number of ether oxygens (including phenoxy) is 2. The molecule has 10 nitrogen and oxygen atoms in total. The van der Waals surface area contributed by atoms with Gasteiger partial charge < -0.3 is 18.9 Å². The number of carbonyl (C=O) groups excluding carboxylic acids is 2. The van der Waals surface area contributed by atoms with Crippen LogP contribution >= 0.6 is 11.3 Å². The first kappa shape index (κ1) is 26.4. The molecule has 1 aromatic heterocycles. The number of amides is 2. The predicted octanol–water partition coefficient (Wildman–Crippen LogP) is 2.55. The quantitative estimate of drug-likeness (QED) is 0.443. The van der Waals surface area contributed by atoms with Crippen molar-refractivity contribution < 1.29 is 27.5 Å². The van der Waals surface area contributed by atoms with E-state index in [-0.39, 0.29) is 49.8 Å². The molecule has 1 saturated heterocycles. The van der Waals surface area contributed by atoms with Crippen molar-refractivity contribution >= 4 is 43.6 Å². The fourth-order valence-corrected chi connectivity index (χ4v) is 6.38. The second-order valence-electron chi connectivity index (χ2n) is 8.04. The fourth-order valence-electron chi connectivity index (χ4n) is 3.91. The standard InChI is InChI=1S/C25H26N4O6S2/c1-4-12-29-21-11-8-19(34-3)17-22(21)36-24(29)26-23(30)18-6-9-20(10-7-18)37(32,33)28-15-13-27(14-16-28)25(31)35-5-2/h1,6-11,17H,5,12-16H2,2-3H3. The van der Waals surface area contributed by atoms with Crippen molar-refractivity contribution in [3.05, 3.63) is 52.8 Å². The molecule has 0 saturated carbocycles. The van der Waals surface area contributed by atoms with Crippen LogP contribution in [0, 0.1) is 12.3 Å². The van der Waals surface area contributed by atoms with Crippen LogP contribution in [0.1, 0.15) is 17.3 Å². The van der Waals surface area contributed by atoms with Crippen molar-refractivity contribution in [2.45, 2.75) is 18.4 Å². The Hall–Kier alpha value is -3.66. The Morgan fingerprint density at radius 3 is 2.43 bits per heavy atom. The summed E-state index contributed by atoms with van der Waals surface area (Å²) < 4.78 is 40.4. The number of methoxy groups -OCH3 is 1. The van der Waals surface area contributed by atoms with Gasteiger partial charge >= 0.3 is 6.09 Å². The van der Waals surface area contributed by atoms with E-state index in [2.05, 4.69) is 10.9 Å². The van der Waals surface area contributed by atoms with Crippen LogP contribution in [0.5, 0.6) is 5.75 Å². The van der Waals surface area contributed by atoms with E-state index in [0.29, 0.717) is 10.6 Å². The Bertz CT molecular complexity index is 1530. The van der Waals surface area contributed by atoms with Gasteiger partial charge in [0.05, 0.1) is 35.4 Å². The van der Waals surface area contributed by atoms with Gasteiger partial charge in [0.25, 0.3) is 5.91 Å². The number of fused-ring (bicyclic) bond motifs is 1. The van der Waals surface area contributed by atoms with Crippen LogP contribution in [0.25, 0.3) is 10.2 Å². The number of rotatable bonds is 6. The van der Waals surface area contributed by atoms with Crippen LogP contribution in [0.15, 0.2) is 52.4 Å². The zero-order valence-corrected chi connectivity index (χ0v) is 22.0. The van der Waals surface area contributed by atoms with Gasteiger partial charge in [-0.1, -0.05) is 17.3 Å². The lowest BCUT2D eigenvalue weighted by Gasteiger charge is -2.33. The maximum absolute atomic E-state index is 13.1. The van der Waals surface area contributed by atoms with Crippen LogP contribution < -0.4 is 9.54 Å². The molecular weight excluding hydrogens is 516 g/mol. The Morgan fingerprint density at radius 1 is 1.11 bits per heavy atom. The summed E-state index contributed by atoms with van der Waals surface area (Å²) in [5.74, 6) is 2.74. The highest BCUT2D eigenvalue weighted by Crippen LogP contribution is 2.23. The highest BCUT2D eigenvalue weighted by atomic mass is 32.2. The Labute approximate surface area is 218 Å². The van der Waals surface area contributed by atoms with Gasteiger partial charge in [-0.2, -0.15) is 9.30 Å². The SMILES string of the molecule is C#CCn1c(=NC(=O)c2ccc(S(=O)(=O)N3CCN(C(=O)OCC)CC3)cc2)sc2cc(OC)ccc21. The number of thiazole rings is 1. The summed E-state index contributed by atoms with van der Waals surface area (Å²) in [7, 11) is -2.21. The molecule has 0 spiro atoms. The fraction of sp³-hybridized carbons (Fsp3) is 0.320. The molecule has 0 N–H and O–H groups in total. The van der Waals surface area contributed by atoms with Gasteiger partial charge in [0.15, 0.2) is 4.80 Å². The summed E-state index contributed by atoms with van der Waals surface area (Å²) in [6.45, 7) is 3.01. The zero-order chi connectivity index (χ0) is 26.6. The lowest BCUT2D eigenvalue weighted by atomic mass is 10.2. The van der Waals surface area contributed by atoms with Crippen LogP contribution in [-0.4, -0.2) is 74.1 Å². The number of benzene rings is 2. The molecule has 0 bridgehead atoms. The topological polar surface area (TPSA) is 111 Å². The van der Waals surface area contributed by atoms with E-state index in [4.69, 9.17) is 15.9 Å². The average Bonchev–Trinajstić information content (AvgIpc) is 3.24. The molecule has 0 aliphatic carbocycles. The Balaban J connectivity index is 1.54. The summed E-state index contributed by atoms with van der Waals surface area (Å²) in [5.41, 5.74) is 1.08. The van der Waals surface area contributed by atoms with E-state index in [9.17, 15) is 18.0 Å². The third kappa shape index (κ3) is 5.53. The van der Waals surface area contributed by atoms with E-state index in [1.165, 1.54) is 44.8 Å². The minimum Gasteiger partial charge on any atom is -0.497 e. The molecule has 2 heterocycles. The van der Waals surface area contributed by atoms with Crippen molar-refractivity contribution in [2.75, 3.05) is 39.9 Å². The first-order valence-electron chi connectivity index (χ1n) is 11.5. The van der Waals surface area contributed by atoms with Gasteiger partial charge in [0.1, 0.15) is 5.75 Å². The van der Waals surface area contributed by atoms with Gasteiger partial charge in [0.2, 0.25) is 10.0 Å². The third-order valence-corrected chi connectivity index (χ3v) is 8.79. The predicted molar refractivity (Wildman–Crippen MR) is 139 cm³/mol. The second-order valence-corrected chi connectivity index (χ2v) is 11.0. The average molecular weight is 543 g/mol. The lowest BCUT2D eigenvalue weighted by Crippen LogP contribution is -2.50. The Kier molecular flexibility index (Phi) is 7.97. The van der Waals surface area contributed by atoms with Gasteiger partial charge in [0, 0.05) is 31.7 Å². The van der Waals surface area contributed by atoms with Crippen LogP contribution in [0.4, 0.5) is 4.79 Å². The molecule has 2 amide bonds. The van der Waals surface area contributed by atoms with Crippen LogP contribution in [0.2, 0.25) is 0 Å². The van der Waals surface area contributed by atoms with E-state index in [0.717, 1.165) is 10.2 Å². The normalized spacial score (nSPS) is 14.9. The number of aromatic nitrogens is 1. The van der Waals surface area contributed by atoms with Gasteiger partial charge in [-0.05, 0) is 49.4 Å². The Morgan fingerprint density at radius 2 is 1.81 bits per heavy atom. The molecule has 194 valence electrons. The maximum Gasteiger partial charge on any atom is 0.409 e. The largest absolute Gasteiger partial charge is 0.497 e. The number of hydrogen-bond acceptors (Lipinski definition) is 7. The zero-order valence-electron chi connectivity index (χ0n) is 20.4. The van der Waals surface area contributed by atoms with Crippen molar-refractivity contribution in [3.8, 4) is 18.1 Å². The van der Waals surface area contributed by atoms with E-state index in [1.54, 1.807) is 18.6 Å². The number of terminal acetylenes is 1. The molecule has 12 heteroatoms. The summed E-state index contributed by atoms with van der Waals surface area (Å²) in [6, 6.07) is 11.2. The highest BCUT2D eigenvalue weighted by molar-refractivity contribution is 7.89. The lowest BCUT2D eigenvalue weighted by molar-refractivity contribution is 0.0933. The summed E-state index contributed by atoms with van der Waals surface area (Å²) in [6.07, 6.45) is 5.08. The number of carbonyl (C=O) groups is 2. The first-order valence-corrected chi connectivity index (χ1v) is 13.8. The van der Waals surface area contributed by atoms with Gasteiger partial charge in [-0.15, -0.1) is 6.42 Å². The van der Waals surface area contributed by atoms with Crippen molar-refractivity contribution in [1.29, 1.82) is 0 Å². The molecule has 4 rings (SSSR count). The van der Waals surface area contributed by atoms with Crippen LogP contribution in [-0.2, 0) is 21.3 Å². The smallest absolute Gasteiger partial charge is 0.409 e. The van der Waals surface area contributed by atoms with Crippen LogP contribution in [0.3, 0.4) is 0 Å². The molecule has 2 aromatic carbocycles. The number of hydrogen-bond donors (Lipinski definition) is 0. The summed E-state index contributed by atoms with van der Waals surface area (Å²) in [5, 5.41) is 0. The molecule has 0 atom stereocenters. The monoisotopic (exact) mass is 542 g/mol. The molecule has 0 radical (unpaired) electrons. The van der Waals surface area contributed by atoms with Crippen molar-refractivity contribution in [3.63, 3.8) is 0 Å². The molecule has 1 fully saturated rings. The highest BCUT2D eigenvalue weighted by Gasteiger charge is 2.30. The second kappa shape index (κ2) is 11.2. The van der Waals surface area contributed by atoms with Crippen molar-refractivity contribution in [2.24, 2.45) is 4.99 Å². The third-order valence-electron chi connectivity index (χ3n) is 5.84. The molecular formula is C25H26N4O6S2.